The normalized spacial score (nSPS) is 10.2. The van der Waals surface area contributed by atoms with Gasteiger partial charge in [0.2, 0.25) is 5.88 Å². The summed E-state index contributed by atoms with van der Waals surface area (Å²) >= 11 is 0. The summed E-state index contributed by atoms with van der Waals surface area (Å²) < 4.78 is 10.5. The van der Waals surface area contributed by atoms with Crippen LogP contribution in [0.4, 0.5) is 11.5 Å². The summed E-state index contributed by atoms with van der Waals surface area (Å²) in [6, 6.07) is 9.87. The fraction of sp³-hybridized carbons (Fsp3) is 0.312. The standard InChI is InChI=1S/C16H20N2O2/c1-5-12-10-13(7-8-14(12)19-3)17-16-11(2)6-9-15(18-16)20-4/h6-10H,5H2,1-4H3,(H,17,18). The number of hydrogen-bond acceptors (Lipinski definition) is 4. The first-order valence-electron chi connectivity index (χ1n) is 6.63. The number of anilines is 2. The molecule has 1 aromatic heterocycles. The summed E-state index contributed by atoms with van der Waals surface area (Å²) in [5.41, 5.74) is 3.23. The van der Waals surface area contributed by atoms with Gasteiger partial charge >= 0.3 is 0 Å². The van der Waals surface area contributed by atoms with Crippen LogP contribution in [0.15, 0.2) is 30.3 Å². The predicted molar refractivity (Wildman–Crippen MR) is 81.2 cm³/mol. The van der Waals surface area contributed by atoms with Crippen LogP contribution in [0.1, 0.15) is 18.1 Å². The molecule has 0 aliphatic heterocycles. The maximum absolute atomic E-state index is 5.34. The van der Waals surface area contributed by atoms with Gasteiger partial charge in [-0.3, -0.25) is 0 Å². The van der Waals surface area contributed by atoms with Crippen molar-refractivity contribution in [2.45, 2.75) is 20.3 Å². The summed E-state index contributed by atoms with van der Waals surface area (Å²) in [7, 11) is 3.30. The van der Waals surface area contributed by atoms with Gasteiger partial charge in [-0.2, -0.15) is 4.98 Å². The highest BCUT2D eigenvalue weighted by atomic mass is 16.5. The Balaban J connectivity index is 2.30. The first kappa shape index (κ1) is 14.2. The fourth-order valence-electron chi connectivity index (χ4n) is 2.02. The van der Waals surface area contributed by atoms with E-state index in [-0.39, 0.29) is 0 Å². The zero-order valence-corrected chi connectivity index (χ0v) is 12.4. The van der Waals surface area contributed by atoms with Crippen LogP contribution in [0.5, 0.6) is 11.6 Å². The molecule has 1 aromatic carbocycles. The average Bonchev–Trinajstić information content (AvgIpc) is 2.49. The smallest absolute Gasteiger partial charge is 0.214 e. The summed E-state index contributed by atoms with van der Waals surface area (Å²) in [5, 5.41) is 3.33. The molecule has 0 spiro atoms. The van der Waals surface area contributed by atoms with Crippen molar-refractivity contribution in [1.82, 2.24) is 4.98 Å². The maximum Gasteiger partial charge on any atom is 0.214 e. The topological polar surface area (TPSA) is 43.4 Å². The van der Waals surface area contributed by atoms with Gasteiger partial charge in [-0.15, -0.1) is 0 Å². The van der Waals surface area contributed by atoms with Crippen molar-refractivity contribution in [2.75, 3.05) is 19.5 Å². The predicted octanol–water partition coefficient (Wildman–Crippen LogP) is 3.71. The third-order valence-electron chi connectivity index (χ3n) is 3.20. The van der Waals surface area contributed by atoms with Crippen LogP contribution in [0.3, 0.4) is 0 Å². The lowest BCUT2D eigenvalue weighted by Crippen LogP contribution is -1.99. The van der Waals surface area contributed by atoms with Crippen LogP contribution in [0.25, 0.3) is 0 Å². The minimum Gasteiger partial charge on any atom is -0.496 e. The molecule has 0 saturated carbocycles. The molecule has 0 radical (unpaired) electrons. The van der Waals surface area contributed by atoms with E-state index < -0.39 is 0 Å². The van der Waals surface area contributed by atoms with Crippen LogP contribution < -0.4 is 14.8 Å². The van der Waals surface area contributed by atoms with E-state index >= 15 is 0 Å². The molecule has 0 amide bonds. The van der Waals surface area contributed by atoms with Crippen molar-refractivity contribution in [2.24, 2.45) is 0 Å². The molecular formula is C16H20N2O2. The molecule has 1 N–H and O–H groups in total. The lowest BCUT2D eigenvalue weighted by atomic mass is 10.1. The Kier molecular flexibility index (Phi) is 4.45. The molecule has 1 heterocycles. The number of aromatic nitrogens is 1. The molecule has 4 nitrogen and oxygen atoms in total. The zero-order valence-electron chi connectivity index (χ0n) is 12.4. The molecule has 0 aliphatic carbocycles. The van der Waals surface area contributed by atoms with Gasteiger partial charge in [0.15, 0.2) is 0 Å². The molecule has 0 saturated heterocycles. The molecule has 106 valence electrons. The van der Waals surface area contributed by atoms with Crippen molar-refractivity contribution in [3.63, 3.8) is 0 Å². The number of nitrogens with one attached hydrogen (secondary N) is 1. The molecule has 0 bridgehead atoms. The summed E-state index contributed by atoms with van der Waals surface area (Å²) in [6.45, 7) is 4.12. The number of pyridine rings is 1. The number of benzene rings is 1. The molecular weight excluding hydrogens is 252 g/mol. The minimum atomic E-state index is 0.599. The van der Waals surface area contributed by atoms with Gasteiger partial charge in [0.05, 0.1) is 14.2 Å². The van der Waals surface area contributed by atoms with E-state index in [0.717, 1.165) is 34.8 Å². The van der Waals surface area contributed by atoms with Gasteiger partial charge in [0.1, 0.15) is 11.6 Å². The Labute approximate surface area is 119 Å². The average molecular weight is 272 g/mol. The Morgan fingerprint density at radius 1 is 1.10 bits per heavy atom. The van der Waals surface area contributed by atoms with Gasteiger partial charge < -0.3 is 14.8 Å². The van der Waals surface area contributed by atoms with Gasteiger partial charge in [-0.1, -0.05) is 13.0 Å². The number of ether oxygens (including phenoxy) is 2. The minimum absolute atomic E-state index is 0.599. The molecule has 2 rings (SSSR count). The first-order chi connectivity index (χ1) is 9.67. The highest BCUT2D eigenvalue weighted by Gasteiger charge is 2.06. The number of methoxy groups -OCH3 is 2. The molecule has 0 aliphatic rings. The molecule has 4 heteroatoms. The highest BCUT2D eigenvalue weighted by molar-refractivity contribution is 5.62. The van der Waals surface area contributed by atoms with Gasteiger partial charge in [0.25, 0.3) is 0 Å². The summed E-state index contributed by atoms with van der Waals surface area (Å²) in [4.78, 5) is 4.42. The maximum atomic E-state index is 5.34. The summed E-state index contributed by atoms with van der Waals surface area (Å²) in [5.74, 6) is 2.31. The van der Waals surface area contributed by atoms with Gasteiger partial charge in [-0.05, 0) is 42.7 Å². The van der Waals surface area contributed by atoms with Crippen molar-refractivity contribution < 1.29 is 9.47 Å². The second-order valence-corrected chi connectivity index (χ2v) is 4.52. The lowest BCUT2D eigenvalue weighted by Gasteiger charge is -2.13. The van der Waals surface area contributed by atoms with Crippen molar-refractivity contribution in [3.8, 4) is 11.6 Å². The number of hydrogen-bond donors (Lipinski definition) is 1. The first-order valence-corrected chi connectivity index (χ1v) is 6.63. The lowest BCUT2D eigenvalue weighted by molar-refractivity contribution is 0.398. The fourth-order valence-corrected chi connectivity index (χ4v) is 2.02. The van der Waals surface area contributed by atoms with E-state index in [9.17, 15) is 0 Å². The van der Waals surface area contributed by atoms with Crippen molar-refractivity contribution in [1.29, 1.82) is 0 Å². The van der Waals surface area contributed by atoms with Gasteiger partial charge in [0, 0.05) is 11.8 Å². The van der Waals surface area contributed by atoms with E-state index in [1.165, 1.54) is 0 Å². The van der Waals surface area contributed by atoms with E-state index in [1.54, 1.807) is 14.2 Å². The van der Waals surface area contributed by atoms with Crippen molar-refractivity contribution in [3.05, 3.63) is 41.5 Å². The monoisotopic (exact) mass is 272 g/mol. The quantitative estimate of drug-likeness (QED) is 0.901. The van der Waals surface area contributed by atoms with E-state index in [1.807, 2.05) is 31.2 Å². The Morgan fingerprint density at radius 3 is 2.55 bits per heavy atom. The van der Waals surface area contributed by atoms with E-state index in [2.05, 4.69) is 23.3 Å². The molecule has 0 fully saturated rings. The largest absolute Gasteiger partial charge is 0.496 e. The van der Waals surface area contributed by atoms with Crippen LogP contribution in [0.2, 0.25) is 0 Å². The van der Waals surface area contributed by atoms with E-state index in [0.29, 0.717) is 5.88 Å². The SMILES string of the molecule is CCc1cc(Nc2nc(OC)ccc2C)ccc1OC. The van der Waals surface area contributed by atoms with Crippen LogP contribution >= 0.6 is 0 Å². The third kappa shape index (κ3) is 3.02. The number of aryl methyl sites for hydroxylation is 2. The molecule has 2 aromatic rings. The zero-order chi connectivity index (χ0) is 14.5. The second kappa shape index (κ2) is 6.28. The van der Waals surface area contributed by atoms with Crippen molar-refractivity contribution >= 4 is 11.5 Å². The molecule has 0 atom stereocenters. The second-order valence-electron chi connectivity index (χ2n) is 4.52. The number of nitrogens with zero attached hydrogens (tertiary/aromatic N) is 1. The summed E-state index contributed by atoms with van der Waals surface area (Å²) in [6.07, 6.45) is 0.920. The van der Waals surface area contributed by atoms with Gasteiger partial charge in [-0.25, -0.2) is 0 Å². The van der Waals surface area contributed by atoms with E-state index in [4.69, 9.17) is 9.47 Å². The Bertz CT molecular complexity index is 597. The van der Waals surface area contributed by atoms with Crippen LogP contribution in [-0.2, 0) is 6.42 Å². The Hall–Kier alpha value is -2.23. The molecule has 0 unspecified atom stereocenters. The third-order valence-corrected chi connectivity index (χ3v) is 3.20. The Morgan fingerprint density at radius 2 is 1.90 bits per heavy atom. The van der Waals surface area contributed by atoms with Crippen LogP contribution in [0, 0.1) is 6.92 Å². The van der Waals surface area contributed by atoms with Crippen LogP contribution in [-0.4, -0.2) is 19.2 Å². The molecule has 20 heavy (non-hydrogen) atoms. The highest BCUT2D eigenvalue weighted by Crippen LogP contribution is 2.26. The number of rotatable bonds is 5.